The molecule has 0 spiro atoms. The van der Waals surface area contributed by atoms with Crippen molar-refractivity contribution in [2.24, 2.45) is 29.6 Å². The maximum atomic E-state index is 14.7. The number of hydrogen-bond donors (Lipinski definition) is 0. The molecule has 0 amide bonds. The molecule has 1 nitrogen and oxygen atoms in total. The molecule has 0 aliphatic heterocycles. The van der Waals surface area contributed by atoms with Crippen molar-refractivity contribution in [3.63, 3.8) is 0 Å². The summed E-state index contributed by atoms with van der Waals surface area (Å²) in [5.74, 6) is 3.24. The number of rotatable bonds is 11. The van der Waals surface area contributed by atoms with Gasteiger partial charge < -0.3 is 4.74 Å². The van der Waals surface area contributed by atoms with Gasteiger partial charge in [-0.1, -0.05) is 57.7 Å². The van der Waals surface area contributed by atoms with Crippen LogP contribution in [-0.2, 0) is 0 Å². The molecule has 208 valence electrons. The quantitative estimate of drug-likeness (QED) is 0.267. The highest BCUT2D eigenvalue weighted by atomic mass is 19.2. The monoisotopic (exact) mass is 514 g/mol. The maximum absolute atomic E-state index is 14.7. The van der Waals surface area contributed by atoms with Crippen molar-refractivity contribution < 1.29 is 13.5 Å². The second-order valence-corrected chi connectivity index (χ2v) is 12.6. The largest absolute Gasteiger partial charge is 0.490 e. The summed E-state index contributed by atoms with van der Waals surface area (Å²) in [6.07, 6.45) is 26.8. The lowest BCUT2D eigenvalue weighted by Crippen LogP contribution is -2.25. The van der Waals surface area contributed by atoms with Crippen LogP contribution in [0.15, 0.2) is 24.3 Å². The van der Waals surface area contributed by atoms with E-state index in [1.165, 1.54) is 77.0 Å². The predicted molar refractivity (Wildman–Crippen MR) is 151 cm³/mol. The molecule has 3 saturated carbocycles. The van der Waals surface area contributed by atoms with Crippen LogP contribution in [0.2, 0.25) is 0 Å². The van der Waals surface area contributed by atoms with Gasteiger partial charge in [-0.05, 0) is 131 Å². The van der Waals surface area contributed by atoms with Crippen molar-refractivity contribution in [1.29, 1.82) is 0 Å². The van der Waals surface area contributed by atoms with E-state index in [2.05, 4.69) is 19.1 Å². The van der Waals surface area contributed by atoms with E-state index < -0.39 is 11.6 Å². The van der Waals surface area contributed by atoms with Gasteiger partial charge in [-0.2, -0.15) is 4.39 Å². The Hall–Kier alpha value is -1.38. The highest BCUT2D eigenvalue weighted by Crippen LogP contribution is 2.43. The molecule has 1 aromatic carbocycles. The van der Waals surface area contributed by atoms with Crippen LogP contribution >= 0.6 is 0 Å². The molecular formula is C34H52F2O. The molecule has 0 atom stereocenters. The third-order valence-corrected chi connectivity index (χ3v) is 10.0. The molecule has 3 aliphatic rings. The molecule has 3 aliphatic carbocycles. The van der Waals surface area contributed by atoms with Gasteiger partial charge in [0.1, 0.15) is 0 Å². The Morgan fingerprint density at radius 2 is 1.35 bits per heavy atom. The summed E-state index contributed by atoms with van der Waals surface area (Å²) in [5.41, 5.74) is 0.546. The standard InChI is InChI=1S/C34H52F2O/c1-3-7-25-10-16-28(17-11-25)29-18-12-26(13-19-29)8-5-6-9-27-14-20-30(21-15-27)31-22-23-32(37-24-4-2)34(36)33(31)35/h5,8,22-23,25-30H,3-4,6-7,9-21,24H2,1-2H3/b8-5+. The van der Waals surface area contributed by atoms with Crippen LogP contribution in [0, 0.1) is 41.2 Å². The van der Waals surface area contributed by atoms with Gasteiger partial charge in [-0.3, -0.25) is 0 Å². The van der Waals surface area contributed by atoms with Crippen LogP contribution in [0.1, 0.15) is 134 Å². The van der Waals surface area contributed by atoms with Crippen molar-refractivity contribution in [2.75, 3.05) is 6.61 Å². The number of hydrogen-bond acceptors (Lipinski definition) is 1. The molecule has 0 radical (unpaired) electrons. The minimum Gasteiger partial charge on any atom is -0.490 e. The van der Waals surface area contributed by atoms with Crippen LogP contribution in [0.25, 0.3) is 0 Å². The fourth-order valence-corrected chi connectivity index (χ4v) is 7.73. The molecule has 1 aromatic rings. The molecule has 0 bridgehead atoms. The maximum Gasteiger partial charge on any atom is 0.200 e. The first-order chi connectivity index (χ1) is 18.1. The molecule has 0 aromatic heterocycles. The van der Waals surface area contributed by atoms with Gasteiger partial charge in [0, 0.05) is 0 Å². The topological polar surface area (TPSA) is 9.23 Å². The molecule has 0 N–H and O–H groups in total. The van der Waals surface area contributed by atoms with E-state index in [-0.39, 0.29) is 11.7 Å². The second-order valence-electron chi connectivity index (χ2n) is 12.6. The molecule has 0 saturated heterocycles. The molecule has 3 heteroatoms. The summed E-state index contributed by atoms with van der Waals surface area (Å²) in [6, 6.07) is 3.37. The second kappa shape index (κ2) is 14.7. The lowest BCUT2D eigenvalue weighted by atomic mass is 9.68. The van der Waals surface area contributed by atoms with E-state index >= 15 is 0 Å². The Labute approximate surface area is 225 Å². The van der Waals surface area contributed by atoms with Crippen molar-refractivity contribution in [1.82, 2.24) is 0 Å². The van der Waals surface area contributed by atoms with Gasteiger partial charge in [-0.25, -0.2) is 4.39 Å². The smallest absolute Gasteiger partial charge is 0.200 e. The number of ether oxygens (including phenoxy) is 1. The number of halogens is 2. The van der Waals surface area contributed by atoms with Gasteiger partial charge in [0.2, 0.25) is 5.82 Å². The number of benzene rings is 1. The predicted octanol–water partition coefficient (Wildman–Crippen LogP) is 10.8. The lowest BCUT2D eigenvalue weighted by molar-refractivity contribution is 0.152. The van der Waals surface area contributed by atoms with Gasteiger partial charge in [-0.15, -0.1) is 0 Å². The minimum atomic E-state index is -0.813. The van der Waals surface area contributed by atoms with Gasteiger partial charge in [0.15, 0.2) is 11.6 Å². The van der Waals surface area contributed by atoms with Crippen molar-refractivity contribution in [3.05, 3.63) is 41.5 Å². The van der Waals surface area contributed by atoms with Crippen LogP contribution in [0.5, 0.6) is 5.75 Å². The summed E-state index contributed by atoms with van der Waals surface area (Å²) in [4.78, 5) is 0. The SMILES string of the molecule is CCCOc1ccc(C2CCC(CC/C=C/C3CCC(C4CCC(CCC)CC4)CC3)CC2)c(F)c1F. The molecule has 0 unspecified atom stereocenters. The van der Waals surface area contributed by atoms with E-state index in [0.29, 0.717) is 12.2 Å². The highest BCUT2D eigenvalue weighted by Gasteiger charge is 2.30. The molecule has 4 rings (SSSR count). The first-order valence-corrected chi connectivity index (χ1v) is 15.9. The minimum absolute atomic E-state index is 0.0478. The van der Waals surface area contributed by atoms with E-state index in [9.17, 15) is 8.78 Å². The summed E-state index contributed by atoms with van der Waals surface area (Å²) < 4.78 is 34.5. The Kier molecular flexibility index (Phi) is 11.4. The van der Waals surface area contributed by atoms with Crippen LogP contribution in [-0.4, -0.2) is 6.61 Å². The molecule has 37 heavy (non-hydrogen) atoms. The first kappa shape index (κ1) is 28.6. The zero-order chi connectivity index (χ0) is 26.0. The van der Waals surface area contributed by atoms with E-state index in [0.717, 1.165) is 61.7 Å². The molecule has 0 heterocycles. The zero-order valence-corrected chi connectivity index (χ0v) is 23.7. The Morgan fingerprint density at radius 3 is 2.00 bits per heavy atom. The fourth-order valence-electron chi connectivity index (χ4n) is 7.73. The van der Waals surface area contributed by atoms with Crippen molar-refractivity contribution in [2.45, 2.75) is 129 Å². The fraction of sp³-hybridized carbons (Fsp3) is 0.765. The summed E-state index contributed by atoms with van der Waals surface area (Å²) in [6.45, 7) is 4.71. The van der Waals surface area contributed by atoms with Gasteiger partial charge in [0.25, 0.3) is 0 Å². The van der Waals surface area contributed by atoms with Crippen molar-refractivity contribution >= 4 is 0 Å². The summed E-state index contributed by atoms with van der Waals surface area (Å²) >= 11 is 0. The zero-order valence-electron chi connectivity index (χ0n) is 23.7. The summed E-state index contributed by atoms with van der Waals surface area (Å²) in [5, 5.41) is 0. The van der Waals surface area contributed by atoms with E-state index in [1.807, 2.05) is 6.92 Å². The van der Waals surface area contributed by atoms with E-state index in [4.69, 9.17) is 4.74 Å². The Morgan fingerprint density at radius 1 is 0.730 bits per heavy atom. The highest BCUT2D eigenvalue weighted by molar-refractivity contribution is 5.33. The first-order valence-electron chi connectivity index (χ1n) is 15.9. The van der Waals surface area contributed by atoms with Crippen LogP contribution < -0.4 is 4.74 Å². The van der Waals surface area contributed by atoms with Crippen molar-refractivity contribution in [3.8, 4) is 5.75 Å². The lowest BCUT2D eigenvalue weighted by Gasteiger charge is -2.37. The van der Waals surface area contributed by atoms with Gasteiger partial charge in [0.05, 0.1) is 6.61 Å². The Balaban J connectivity index is 1.12. The number of allylic oxidation sites excluding steroid dienone is 2. The van der Waals surface area contributed by atoms with Crippen LogP contribution in [0.3, 0.4) is 0 Å². The molecular weight excluding hydrogens is 462 g/mol. The summed E-state index contributed by atoms with van der Waals surface area (Å²) in [7, 11) is 0. The van der Waals surface area contributed by atoms with Crippen LogP contribution in [0.4, 0.5) is 8.78 Å². The van der Waals surface area contributed by atoms with E-state index in [1.54, 1.807) is 12.1 Å². The third-order valence-electron chi connectivity index (χ3n) is 10.0. The average molecular weight is 515 g/mol. The normalized spacial score (nSPS) is 31.0. The molecule has 3 fully saturated rings. The average Bonchev–Trinajstić information content (AvgIpc) is 2.93. The third kappa shape index (κ3) is 8.06. The van der Waals surface area contributed by atoms with Gasteiger partial charge >= 0.3 is 0 Å². The Bertz CT molecular complexity index is 824.